The zero-order valence-electron chi connectivity index (χ0n) is 7.90. The monoisotopic (exact) mass is 217 g/mol. The molecule has 1 unspecified atom stereocenters. The number of nitrogens with zero attached hydrogens (tertiary/aromatic N) is 1. The van der Waals surface area contributed by atoms with Crippen molar-refractivity contribution in [2.45, 2.75) is 10.9 Å². The van der Waals surface area contributed by atoms with Crippen LogP contribution in [-0.4, -0.2) is 58.8 Å². The highest BCUT2D eigenvalue weighted by molar-refractivity contribution is 8.01. The first kappa shape index (κ1) is 10.2. The summed E-state index contributed by atoms with van der Waals surface area (Å²) in [5.41, 5.74) is 5.45. The summed E-state index contributed by atoms with van der Waals surface area (Å²) in [4.78, 5) is 13.3. The van der Waals surface area contributed by atoms with Crippen LogP contribution in [0.5, 0.6) is 0 Å². The minimum absolute atomic E-state index is 0.0881. The summed E-state index contributed by atoms with van der Waals surface area (Å²) in [5.74, 6) is 0.959. The lowest BCUT2D eigenvalue weighted by Crippen LogP contribution is -2.68. The molecule has 2 rings (SSSR count). The average Bonchev–Trinajstić information content (AvgIpc) is 2.61. The van der Waals surface area contributed by atoms with Crippen molar-refractivity contribution < 1.29 is 9.90 Å². The molecule has 2 aliphatic heterocycles. The number of carbonyl (C=O) groups excluding carboxylic acids is 1. The summed E-state index contributed by atoms with van der Waals surface area (Å²) in [7, 11) is 0. The van der Waals surface area contributed by atoms with Crippen molar-refractivity contribution in [3.05, 3.63) is 0 Å². The zero-order chi connectivity index (χ0) is 10.2. The minimum atomic E-state index is -0.751. The molecule has 0 radical (unpaired) electrons. The fourth-order valence-electron chi connectivity index (χ4n) is 1.82. The normalized spacial score (nSPS) is 26.3. The van der Waals surface area contributed by atoms with Crippen molar-refractivity contribution in [2.24, 2.45) is 5.73 Å². The maximum atomic E-state index is 11.5. The molecule has 2 aliphatic rings. The highest BCUT2D eigenvalue weighted by Crippen LogP contribution is 2.36. The Balaban J connectivity index is 1.84. The van der Waals surface area contributed by atoms with Gasteiger partial charge in [0.15, 0.2) is 0 Å². The third-order valence-electron chi connectivity index (χ3n) is 2.65. The predicted molar refractivity (Wildman–Crippen MR) is 54.8 cm³/mol. The number of rotatable bonds is 2. The van der Waals surface area contributed by atoms with Crippen LogP contribution in [0.15, 0.2) is 0 Å². The van der Waals surface area contributed by atoms with Crippen molar-refractivity contribution in [2.75, 3.05) is 32.0 Å². The number of nitrogens with two attached hydrogens (primary N) is 1. The molecule has 6 heteroatoms. The molecule has 0 aromatic heterocycles. The molecular formula is C8H15N3O2S. The van der Waals surface area contributed by atoms with Crippen molar-refractivity contribution in [3.8, 4) is 0 Å². The number of nitrogens with one attached hydrogen (secondary N) is 1. The molecule has 2 fully saturated rings. The summed E-state index contributed by atoms with van der Waals surface area (Å²) in [6, 6.07) is -0.751. The minimum Gasteiger partial charge on any atom is -0.394 e. The molecule has 0 aliphatic carbocycles. The summed E-state index contributed by atoms with van der Waals surface area (Å²) in [6.45, 7) is 2.16. The van der Waals surface area contributed by atoms with Crippen LogP contribution in [0, 0.1) is 0 Å². The van der Waals surface area contributed by atoms with Crippen LogP contribution >= 0.6 is 11.8 Å². The first-order valence-corrected chi connectivity index (χ1v) is 5.70. The summed E-state index contributed by atoms with van der Waals surface area (Å²) in [5, 5.41) is 12.1. The quantitative estimate of drug-likeness (QED) is 0.508. The number of likely N-dealkylation sites (tertiary alicyclic amines) is 1. The Morgan fingerprint density at radius 1 is 1.71 bits per heavy atom. The molecule has 4 N–H and O–H groups in total. The van der Waals surface area contributed by atoms with Crippen LogP contribution in [-0.2, 0) is 4.79 Å². The van der Waals surface area contributed by atoms with Gasteiger partial charge in [-0.15, -0.1) is 11.8 Å². The maximum Gasteiger partial charge on any atom is 0.242 e. The molecular weight excluding hydrogens is 202 g/mol. The molecule has 1 amide bonds. The Labute approximate surface area is 87.0 Å². The smallest absolute Gasteiger partial charge is 0.242 e. The van der Waals surface area contributed by atoms with Crippen molar-refractivity contribution >= 4 is 17.7 Å². The molecule has 80 valence electrons. The lowest BCUT2D eigenvalue weighted by atomic mass is 10.1. The average molecular weight is 217 g/mol. The van der Waals surface area contributed by atoms with Gasteiger partial charge in [-0.05, 0) is 0 Å². The van der Waals surface area contributed by atoms with Gasteiger partial charge in [0, 0.05) is 12.3 Å². The fourth-order valence-corrected chi connectivity index (χ4v) is 3.11. The Bertz CT molecular complexity index is 235. The van der Waals surface area contributed by atoms with E-state index in [9.17, 15) is 4.79 Å². The van der Waals surface area contributed by atoms with E-state index in [-0.39, 0.29) is 17.4 Å². The molecule has 0 bridgehead atoms. The molecule has 0 aromatic rings. The highest BCUT2D eigenvalue weighted by atomic mass is 32.2. The maximum absolute atomic E-state index is 11.5. The lowest BCUT2D eigenvalue weighted by molar-refractivity contribution is -0.139. The predicted octanol–water partition coefficient (Wildman–Crippen LogP) is -1.82. The van der Waals surface area contributed by atoms with Crippen LogP contribution < -0.4 is 11.1 Å². The third-order valence-corrected chi connectivity index (χ3v) is 4.01. The fraction of sp³-hybridized carbons (Fsp3) is 0.875. The molecule has 2 heterocycles. The van der Waals surface area contributed by atoms with Gasteiger partial charge in [-0.1, -0.05) is 0 Å². The van der Waals surface area contributed by atoms with Crippen molar-refractivity contribution in [3.63, 3.8) is 0 Å². The van der Waals surface area contributed by atoms with E-state index in [1.165, 1.54) is 0 Å². The van der Waals surface area contributed by atoms with Crippen LogP contribution in [0.3, 0.4) is 0 Å². The second-order valence-electron chi connectivity index (χ2n) is 3.75. The van der Waals surface area contributed by atoms with E-state index in [0.29, 0.717) is 13.1 Å². The van der Waals surface area contributed by atoms with Crippen LogP contribution in [0.1, 0.15) is 0 Å². The van der Waals surface area contributed by atoms with E-state index in [4.69, 9.17) is 10.8 Å². The lowest BCUT2D eigenvalue weighted by Gasteiger charge is -2.47. The molecule has 5 nitrogen and oxygen atoms in total. The van der Waals surface area contributed by atoms with E-state index < -0.39 is 6.04 Å². The van der Waals surface area contributed by atoms with Crippen LogP contribution in [0.2, 0.25) is 0 Å². The first-order chi connectivity index (χ1) is 6.67. The van der Waals surface area contributed by atoms with Gasteiger partial charge in [0.25, 0.3) is 0 Å². The van der Waals surface area contributed by atoms with Gasteiger partial charge < -0.3 is 15.7 Å². The molecule has 1 spiro atoms. The van der Waals surface area contributed by atoms with E-state index >= 15 is 0 Å². The van der Waals surface area contributed by atoms with Crippen molar-refractivity contribution in [1.29, 1.82) is 0 Å². The summed E-state index contributed by atoms with van der Waals surface area (Å²) < 4.78 is 0. The standard InChI is InChI=1S/C8H15N3O2S/c9-6(3-12)7(13)11-4-8(5-11)10-1-2-14-8/h6,10,12H,1-5,9H2. The number of amides is 1. The van der Waals surface area contributed by atoms with Crippen molar-refractivity contribution in [1.82, 2.24) is 10.2 Å². The second-order valence-corrected chi connectivity index (χ2v) is 5.23. The highest BCUT2D eigenvalue weighted by Gasteiger charge is 2.48. The molecule has 14 heavy (non-hydrogen) atoms. The summed E-state index contributed by atoms with van der Waals surface area (Å²) in [6.07, 6.45) is 0. The van der Waals surface area contributed by atoms with E-state index in [1.54, 1.807) is 4.90 Å². The van der Waals surface area contributed by atoms with E-state index in [1.807, 2.05) is 11.8 Å². The SMILES string of the molecule is NC(CO)C(=O)N1CC2(C1)NCCS2. The Kier molecular flexibility index (Phi) is 2.70. The van der Waals surface area contributed by atoms with Gasteiger partial charge >= 0.3 is 0 Å². The Morgan fingerprint density at radius 3 is 2.93 bits per heavy atom. The van der Waals surface area contributed by atoms with Gasteiger partial charge in [0.2, 0.25) is 5.91 Å². The Morgan fingerprint density at radius 2 is 2.43 bits per heavy atom. The third kappa shape index (κ3) is 1.63. The van der Waals surface area contributed by atoms with Gasteiger partial charge in [-0.2, -0.15) is 0 Å². The molecule has 0 aromatic carbocycles. The largest absolute Gasteiger partial charge is 0.394 e. The number of aliphatic hydroxyl groups is 1. The summed E-state index contributed by atoms with van der Waals surface area (Å²) >= 11 is 1.86. The number of hydrogen-bond acceptors (Lipinski definition) is 5. The van der Waals surface area contributed by atoms with Gasteiger partial charge in [0.05, 0.1) is 19.7 Å². The second kappa shape index (κ2) is 3.69. The number of thioether (sulfide) groups is 1. The van der Waals surface area contributed by atoms with E-state index in [2.05, 4.69) is 5.32 Å². The van der Waals surface area contributed by atoms with Gasteiger partial charge in [-0.25, -0.2) is 0 Å². The first-order valence-electron chi connectivity index (χ1n) is 4.71. The number of carbonyl (C=O) groups is 1. The zero-order valence-corrected chi connectivity index (χ0v) is 8.72. The molecule has 1 atom stereocenters. The molecule has 2 saturated heterocycles. The van der Waals surface area contributed by atoms with E-state index in [0.717, 1.165) is 12.3 Å². The van der Waals surface area contributed by atoms with Crippen LogP contribution in [0.4, 0.5) is 0 Å². The number of hydrogen-bond donors (Lipinski definition) is 3. The topological polar surface area (TPSA) is 78.6 Å². The Hall–Kier alpha value is -0.300. The molecule has 0 saturated carbocycles. The van der Waals surface area contributed by atoms with Gasteiger partial charge in [-0.3, -0.25) is 10.1 Å². The number of aliphatic hydroxyl groups excluding tert-OH is 1. The van der Waals surface area contributed by atoms with Gasteiger partial charge in [0.1, 0.15) is 10.9 Å². The van der Waals surface area contributed by atoms with Crippen LogP contribution in [0.25, 0.3) is 0 Å².